The number of aliphatic carboxylic acids is 1. The van der Waals surface area contributed by atoms with Crippen LogP contribution in [0.25, 0.3) is 0 Å². The average molecular weight is 332 g/mol. The fraction of sp³-hybridized carbons (Fsp3) is 0.500. The number of carbonyl (C=O) groups is 1. The fourth-order valence-electron chi connectivity index (χ4n) is 2.56. The van der Waals surface area contributed by atoms with Gasteiger partial charge in [0, 0.05) is 19.5 Å². The van der Waals surface area contributed by atoms with Crippen LogP contribution in [0, 0.1) is 5.92 Å². The lowest BCUT2D eigenvalue weighted by Gasteiger charge is -2.31. The van der Waals surface area contributed by atoms with Crippen LogP contribution < -0.4 is 0 Å². The zero-order valence-corrected chi connectivity index (χ0v) is 13.1. The SMILES string of the molecule is O=C(O)CCC1CCN(S(=O)(=O)c2ccccc2Cl)CC1. The Hall–Kier alpha value is -1.11. The lowest BCUT2D eigenvalue weighted by atomic mass is 9.93. The summed E-state index contributed by atoms with van der Waals surface area (Å²) in [7, 11) is -3.56. The molecule has 0 bridgehead atoms. The van der Waals surface area contributed by atoms with Gasteiger partial charge in [0.1, 0.15) is 4.90 Å². The molecule has 1 aromatic rings. The molecule has 116 valence electrons. The second kappa shape index (κ2) is 6.77. The molecule has 0 aromatic heterocycles. The highest BCUT2D eigenvalue weighted by Crippen LogP contribution is 2.29. The van der Waals surface area contributed by atoms with Crippen molar-refractivity contribution in [1.29, 1.82) is 0 Å². The van der Waals surface area contributed by atoms with Crippen molar-refractivity contribution in [3.8, 4) is 0 Å². The van der Waals surface area contributed by atoms with E-state index in [9.17, 15) is 13.2 Å². The third kappa shape index (κ3) is 3.96. The van der Waals surface area contributed by atoms with Crippen LogP contribution >= 0.6 is 11.6 Å². The highest BCUT2D eigenvalue weighted by molar-refractivity contribution is 7.89. The molecule has 7 heteroatoms. The Morgan fingerprint density at radius 3 is 2.48 bits per heavy atom. The van der Waals surface area contributed by atoms with Gasteiger partial charge in [0.25, 0.3) is 0 Å². The van der Waals surface area contributed by atoms with E-state index < -0.39 is 16.0 Å². The molecule has 1 heterocycles. The zero-order valence-electron chi connectivity index (χ0n) is 11.5. The topological polar surface area (TPSA) is 74.7 Å². The number of halogens is 1. The van der Waals surface area contributed by atoms with E-state index in [1.807, 2.05) is 0 Å². The monoisotopic (exact) mass is 331 g/mol. The summed E-state index contributed by atoms with van der Waals surface area (Å²) in [6, 6.07) is 6.42. The van der Waals surface area contributed by atoms with Crippen LogP contribution in [0.4, 0.5) is 0 Å². The molecule has 1 aliphatic heterocycles. The van der Waals surface area contributed by atoms with Crippen LogP contribution in [-0.2, 0) is 14.8 Å². The highest BCUT2D eigenvalue weighted by atomic mass is 35.5. The molecule has 1 N–H and O–H groups in total. The summed E-state index contributed by atoms with van der Waals surface area (Å²) in [5.74, 6) is -0.528. The largest absolute Gasteiger partial charge is 0.481 e. The van der Waals surface area contributed by atoms with E-state index in [2.05, 4.69) is 0 Å². The third-order valence-electron chi connectivity index (χ3n) is 3.79. The van der Waals surface area contributed by atoms with Gasteiger partial charge in [-0.1, -0.05) is 23.7 Å². The lowest BCUT2D eigenvalue weighted by molar-refractivity contribution is -0.137. The van der Waals surface area contributed by atoms with E-state index in [1.54, 1.807) is 18.2 Å². The van der Waals surface area contributed by atoms with Gasteiger partial charge in [0.15, 0.2) is 0 Å². The van der Waals surface area contributed by atoms with Gasteiger partial charge < -0.3 is 5.11 Å². The molecular formula is C14H18ClNO4S. The van der Waals surface area contributed by atoms with Gasteiger partial charge in [-0.2, -0.15) is 4.31 Å². The number of piperidine rings is 1. The standard InChI is InChI=1S/C14H18ClNO4S/c15-12-3-1-2-4-13(12)21(19,20)16-9-7-11(8-10-16)5-6-14(17)18/h1-4,11H,5-10H2,(H,17,18). The molecule has 5 nitrogen and oxygen atoms in total. The number of carboxylic acids is 1. The summed E-state index contributed by atoms with van der Waals surface area (Å²) >= 11 is 5.97. The molecule has 0 unspecified atom stereocenters. The van der Waals surface area contributed by atoms with Crippen molar-refractivity contribution in [3.05, 3.63) is 29.3 Å². The third-order valence-corrected chi connectivity index (χ3v) is 6.19. The Morgan fingerprint density at radius 1 is 1.29 bits per heavy atom. The van der Waals surface area contributed by atoms with E-state index in [0.717, 1.165) is 0 Å². The second-order valence-electron chi connectivity index (χ2n) is 5.21. The normalized spacial score (nSPS) is 17.8. The molecule has 1 aliphatic rings. The Morgan fingerprint density at radius 2 is 1.90 bits per heavy atom. The van der Waals surface area contributed by atoms with Crippen molar-refractivity contribution in [2.24, 2.45) is 5.92 Å². The van der Waals surface area contributed by atoms with E-state index in [1.165, 1.54) is 10.4 Å². The van der Waals surface area contributed by atoms with Crippen molar-refractivity contribution >= 4 is 27.6 Å². The minimum atomic E-state index is -3.56. The van der Waals surface area contributed by atoms with Gasteiger partial charge in [-0.25, -0.2) is 8.42 Å². The molecule has 0 spiro atoms. The summed E-state index contributed by atoms with van der Waals surface area (Å²) in [4.78, 5) is 10.7. The highest BCUT2D eigenvalue weighted by Gasteiger charge is 2.30. The molecule has 1 aromatic carbocycles. The smallest absolute Gasteiger partial charge is 0.303 e. The molecule has 1 saturated heterocycles. The number of hydrogen-bond donors (Lipinski definition) is 1. The van der Waals surface area contributed by atoms with Crippen LogP contribution in [0.5, 0.6) is 0 Å². The van der Waals surface area contributed by atoms with Gasteiger partial charge in [0.05, 0.1) is 5.02 Å². The minimum Gasteiger partial charge on any atom is -0.481 e. The van der Waals surface area contributed by atoms with Gasteiger partial charge in [0.2, 0.25) is 10.0 Å². The number of hydrogen-bond acceptors (Lipinski definition) is 3. The Balaban J connectivity index is 2.01. The van der Waals surface area contributed by atoms with Gasteiger partial charge in [-0.05, 0) is 37.3 Å². The number of carboxylic acid groups (broad SMARTS) is 1. The van der Waals surface area contributed by atoms with Crippen LogP contribution in [0.15, 0.2) is 29.2 Å². The van der Waals surface area contributed by atoms with Gasteiger partial charge in [-0.15, -0.1) is 0 Å². The second-order valence-corrected chi connectivity index (χ2v) is 7.52. The van der Waals surface area contributed by atoms with E-state index >= 15 is 0 Å². The van der Waals surface area contributed by atoms with Crippen LogP contribution in [0.1, 0.15) is 25.7 Å². The van der Waals surface area contributed by atoms with E-state index in [-0.39, 0.29) is 22.3 Å². The van der Waals surface area contributed by atoms with Gasteiger partial charge >= 0.3 is 5.97 Å². The summed E-state index contributed by atoms with van der Waals surface area (Å²) in [5, 5.41) is 8.91. The minimum absolute atomic E-state index is 0.135. The lowest BCUT2D eigenvalue weighted by Crippen LogP contribution is -2.38. The molecule has 21 heavy (non-hydrogen) atoms. The first-order valence-corrected chi connectivity index (χ1v) is 8.69. The van der Waals surface area contributed by atoms with Crippen molar-refractivity contribution in [2.75, 3.05) is 13.1 Å². The predicted molar refractivity (Wildman–Crippen MR) is 79.8 cm³/mol. The number of sulfonamides is 1. The fourth-order valence-corrected chi connectivity index (χ4v) is 4.52. The van der Waals surface area contributed by atoms with E-state index in [0.29, 0.717) is 32.4 Å². The molecule has 2 rings (SSSR count). The number of benzene rings is 1. The summed E-state index contributed by atoms with van der Waals surface area (Å²) < 4.78 is 26.5. The summed E-state index contributed by atoms with van der Waals surface area (Å²) in [6.45, 7) is 0.829. The molecule has 0 radical (unpaired) electrons. The zero-order chi connectivity index (χ0) is 15.5. The van der Waals surface area contributed by atoms with Crippen LogP contribution in [0.3, 0.4) is 0 Å². The first-order chi connectivity index (χ1) is 9.91. The maximum absolute atomic E-state index is 12.5. The number of rotatable bonds is 5. The molecular weight excluding hydrogens is 314 g/mol. The molecule has 0 amide bonds. The van der Waals surface area contributed by atoms with Crippen molar-refractivity contribution in [3.63, 3.8) is 0 Å². The average Bonchev–Trinajstić information content (AvgIpc) is 2.46. The number of nitrogens with zero attached hydrogens (tertiary/aromatic N) is 1. The first-order valence-electron chi connectivity index (χ1n) is 6.87. The van der Waals surface area contributed by atoms with Crippen molar-refractivity contribution < 1.29 is 18.3 Å². The quantitative estimate of drug-likeness (QED) is 0.900. The van der Waals surface area contributed by atoms with Crippen LogP contribution in [-0.4, -0.2) is 36.9 Å². The Kier molecular flexibility index (Phi) is 5.24. The maximum atomic E-state index is 12.5. The van der Waals surface area contributed by atoms with Gasteiger partial charge in [-0.3, -0.25) is 4.79 Å². The Bertz CT molecular complexity index is 609. The molecule has 0 aliphatic carbocycles. The molecule has 1 fully saturated rings. The predicted octanol–water partition coefficient (Wildman–Crippen LogP) is 2.61. The van der Waals surface area contributed by atoms with Crippen molar-refractivity contribution in [1.82, 2.24) is 4.31 Å². The molecule has 0 atom stereocenters. The maximum Gasteiger partial charge on any atom is 0.303 e. The Labute approximate surface area is 129 Å². The first kappa shape index (κ1) is 16.3. The summed E-state index contributed by atoms with van der Waals surface area (Å²) in [5.41, 5.74) is 0. The molecule has 0 saturated carbocycles. The van der Waals surface area contributed by atoms with E-state index in [4.69, 9.17) is 16.7 Å². The van der Waals surface area contributed by atoms with Crippen molar-refractivity contribution in [2.45, 2.75) is 30.6 Å². The van der Waals surface area contributed by atoms with Crippen LogP contribution in [0.2, 0.25) is 5.02 Å². The summed E-state index contributed by atoms with van der Waals surface area (Å²) in [6.07, 6.45) is 2.13.